The van der Waals surface area contributed by atoms with Gasteiger partial charge in [-0.3, -0.25) is 0 Å². The number of hydrogen-bond acceptors (Lipinski definition) is 6. The molecule has 0 spiro atoms. The van der Waals surface area contributed by atoms with Gasteiger partial charge in [-0.2, -0.15) is 10.1 Å². The molecule has 0 saturated heterocycles. The molecule has 22 heavy (non-hydrogen) atoms. The second-order valence-corrected chi connectivity index (χ2v) is 4.86. The van der Waals surface area contributed by atoms with Crippen molar-refractivity contribution in [1.29, 1.82) is 0 Å². The van der Waals surface area contributed by atoms with Gasteiger partial charge in [0, 0.05) is 5.70 Å². The molecule has 2 heterocycles. The molecule has 1 aliphatic rings. The molecule has 0 amide bonds. The summed E-state index contributed by atoms with van der Waals surface area (Å²) in [6, 6.07) is 7.10. The molecule has 7 nitrogen and oxygen atoms in total. The quantitative estimate of drug-likeness (QED) is 0.870. The molecule has 1 atom stereocenters. The molecular weight excluding hydrogens is 284 g/mol. The van der Waals surface area contributed by atoms with Crippen LogP contribution in [0.2, 0.25) is 0 Å². The predicted octanol–water partition coefficient (Wildman–Crippen LogP) is 1.75. The lowest BCUT2D eigenvalue weighted by atomic mass is 9.96. The Morgan fingerprint density at radius 1 is 1.27 bits per heavy atom. The molecule has 0 bridgehead atoms. The molecule has 1 aliphatic heterocycles. The Morgan fingerprint density at radius 2 is 2.00 bits per heavy atom. The van der Waals surface area contributed by atoms with Crippen molar-refractivity contribution in [1.82, 2.24) is 14.8 Å². The number of carbonyl (C=O) groups is 1. The van der Waals surface area contributed by atoms with Gasteiger partial charge in [0.15, 0.2) is 0 Å². The standard InChI is InChI=1S/C15H16N4O3/c1-9-12(14(20)22-3)13(19-15(18-9)16-8-17-19)10-4-6-11(21-2)7-5-10/h4-8,13H,1-3H3,(H,16,17,18)/t13-/m1/s1. The lowest BCUT2D eigenvalue weighted by molar-refractivity contribution is -0.136. The van der Waals surface area contributed by atoms with Crippen molar-refractivity contribution in [3.8, 4) is 5.75 Å². The number of nitrogens with one attached hydrogen (secondary N) is 1. The van der Waals surface area contributed by atoms with Crippen molar-refractivity contribution >= 4 is 11.9 Å². The smallest absolute Gasteiger partial charge is 0.338 e. The highest BCUT2D eigenvalue weighted by atomic mass is 16.5. The van der Waals surface area contributed by atoms with Crippen LogP contribution in [0.25, 0.3) is 0 Å². The summed E-state index contributed by atoms with van der Waals surface area (Å²) < 4.78 is 11.8. The average molecular weight is 300 g/mol. The molecule has 0 radical (unpaired) electrons. The third kappa shape index (κ3) is 2.20. The highest BCUT2D eigenvalue weighted by molar-refractivity contribution is 5.92. The van der Waals surface area contributed by atoms with Gasteiger partial charge in [0.05, 0.1) is 19.8 Å². The third-order valence-electron chi connectivity index (χ3n) is 3.63. The first-order valence-electron chi connectivity index (χ1n) is 6.75. The number of methoxy groups -OCH3 is 2. The second-order valence-electron chi connectivity index (χ2n) is 4.86. The number of aromatic nitrogens is 3. The van der Waals surface area contributed by atoms with E-state index in [1.165, 1.54) is 13.4 Å². The van der Waals surface area contributed by atoms with Gasteiger partial charge >= 0.3 is 5.97 Å². The Labute approximate surface area is 127 Å². The number of carbonyl (C=O) groups excluding carboxylic acids is 1. The van der Waals surface area contributed by atoms with E-state index in [0.717, 1.165) is 11.3 Å². The van der Waals surface area contributed by atoms with E-state index in [-0.39, 0.29) is 0 Å². The van der Waals surface area contributed by atoms with Crippen molar-refractivity contribution in [2.45, 2.75) is 13.0 Å². The normalized spacial score (nSPS) is 16.8. The number of esters is 1. The zero-order valence-corrected chi connectivity index (χ0v) is 12.5. The summed E-state index contributed by atoms with van der Waals surface area (Å²) in [5.41, 5.74) is 2.10. The highest BCUT2D eigenvalue weighted by Crippen LogP contribution is 2.35. The Morgan fingerprint density at radius 3 is 2.64 bits per heavy atom. The Kier molecular flexibility index (Phi) is 3.54. The minimum absolute atomic E-state index is 0.392. The summed E-state index contributed by atoms with van der Waals surface area (Å²) in [5, 5.41) is 7.30. The van der Waals surface area contributed by atoms with Crippen LogP contribution in [0, 0.1) is 0 Å². The Hall–Kier alpha value is -2.83. The number of rotatable bonds is 3. The molecule has 0 aliphatic carbocycles. The van der Waals surface area contributed by atoms with Gasteiger partial charge in [-0.05, 0) is 24.6 Å². The molecule has 0 fully saturated rings. The van der Waals surface area contributed by atoms with E-state index >= 15 is 0 Å². The van der Waals surface area contributed by atoms with Crippen LogP contribution in [-0.4, -0.2) is 35.0 Å². The maximum atomic E-state index is 12.2. The fourth-order valence-corrected chi connectivity index (χ4v) is 2.56. The zero-order valence-electron chi connectivity index (χ0n) is 12.5. The van der Waals surface area contributed by atoms with Crippen LogP contribution >= 0.6 is 0 Å². The first-order chi connectivity index (χ1) is 10.7. The van der Waals surface area contributed by atoms with Gasteiger partial charge in [0.1, 0.15) is 18.1 Å². The minimum Gasteiger partial charge on any atom is -0.497 e. The van der Waals surface area contributed by atoms with Crippen molar-refractivity contribution in [3.63, 3.8) is 0 Å². The van der Waals surface area contributed by atoms with Crippen LogP contribution in [0.5, 0.6) is 5.75 Å². The van der Waals surface area contributed by atoms with E-state index in [2.05, 4.69) is 15.4 Å². The molecule has 1 N–H and O–H groups in total. The lowest BCUT2D eigenvalue weighted by Gasteiger charge is -2.27. The van der Waals surface area contributed by atoms with E-state index in [9.17, 15) is 4.79 Å². The van der Waals surface area contributed by atoms with Crippen LogP contribution < -0.4 is 10.1 Å². The van der Waals surface area contributed by atoms with Crippen LogP contribution in [0.3, 0.4) is 0 Å². The summed E-state index contributed by atoms with van der Waals surface area (Å²) in [5.74, 6) is 0.940. The topological polar surface area (TPSA) is 78.3 Å². The summed E-state index contributed by atoms with van der Waals surface area (Å²) in [6.07, 6.45) is 1.45. The van der Waals surface area contributed by atoms with Gasteiger partial charge in [0.2, 0.25) is 5.95 Å². The summed E-state index contributed by atoms with van der Waals surface area (Å²) in [6.45, 7) is 1.82. The van der Waals surface area contributed by atoms with E-state index < -0.39 is 12.0 Å². The number of nitrogens with zero attached hydrogens (tertiary/aromatic N) is 3. The van der Waals surface area contributed by atoms with Gasteiger partial charge in [-0.15, -0.1) is 0 Å². The van der Waals surface area contributed by atoms with Crippen LogP contribution in [-0.2, 0) is 9.53 Å². The SMILES string of the molecule is COC(=O)C1=C(C)Nc2ncnn2[C@@H]1c1ccc(OC)cc1. The van der Waals surface area contributed by atoms with E-state index in [1.54, 1.807) is 11.8 Å². The first-order valence-corrected chi connectivity index (χ1v) is 6.75. The van der Waals surface area contributed by atoms with E-state index in [0.29, 0.717) is 17.2 Å². The number of ether oxygens (including phenoxy) is 2. The van der Waals surface area contributed by atoms with Crippen LogP contribution in [0.1, 0.15) is 18.5 Å². The maximum absolute atomic E-state index is 12.2. The summed E-state index contributed by atoms with van der Waals surface area (Å²) in [4.78, 5) is 16.4. The number of anilines is 1. The van der Waals surface area contributed by atoms with Crippen molar-refractivity contribution in [2.75, 3.05) is 19.5 Å². The molecule has 0 saturated carbocycles. The predicted molar refractivity (Wildman–Crippen MR) is 79.5 cm³/mol. The average Bonchev–Trinajstić information content (AvgIpc) is 3.00. The number of hydrogen-bond donors (Lipinski definition) is 1. The van der Waals surface area contributed by atoms with E-state index in [4.69, 9.17) is 9.47 Å². The molecule has 0 unspecified atom stereocenters. The molecule has 7 heteroatoms. The largest absolute Gasteiger partial charge is 0.497 e. The summed E-state index contributed by atoms with van der Waals surface area (Å²) >= 11 is 0. The zero-order chi connectivity index (χ0) is 15.7. The summed E-state index contributed by atoms with van der Waals surface area (Å²) in [7, 11) is 2.98. The van der Waals surface area contributed by atoms with Gasteiger partial charge in [0.25, 0.3) is 0 Å². The maximum Gasteiger partial charge on any atom is 0.338 e. The van der Waals surface area contributed by atoms with Gasteiger partial charge < -0.3 is 14.8 Å². The van der Waals surface area contributed by atoms with Crippen molar-refractivity contribution < 1.29 is 14.3 Å². The molecule has 1 aromatic carbocycles. The molecule has 1 aromatic heterocycles. The molecule has 114 valence electrons. The fourth-order valence-electron chi connectivity index (χ4n) is 2.56. The number of fused-ring (bicyclic) bond motifs is 1. The Bertz CT molecular complexity index is 734. The van der Waals surface area contributed by atoms with Crippen LogP contribution in [0.4, 0.5) is 5.95 Å². The van der Waals surface area contributed by atoms with Gasteiger partial charge in [-0.25, -0.2) is 9.48 Å². The first kappa shape index (κ1) is 14.1. The number of benzene rings is 1. The molecular formula is C15H16N4O3. The lowest BCUT2D eigenvalue weighted by Crippen LogP contribution is -2.29. The fraction of sp³-hybridized carbons (Fsp3) is 0.267. The van der Waals surface area contributed by atoms with Crippen molar-refractivity contribution in [3.05, 3.63) is 47.4 Å². The molecule has 3 rings (SSSR count). The Balaban J connectivity index is 2.13. The third-order valence-corrected chi connectivity index (χ3v) is 3.63. The van der Waals surface area contributed by atoms with Crippen molar-refractivity contribution in [2.24, 2.45) is 0 Å². The monoisotopic (exact) mass is 300 g/mol. The van der Waals surface area contributed by atoms with Crippen LogP contribution in [0.15, 0.2) is 41.9 Å². The highest BCUT2D eigenvalue weighted by Gasteiger charge is 2.33. The van der Waals surface area contributed by atoms with E-state index in [1.807, 2.05) is 31.2 Å². The molecule has 2 aromatic rings. The number of allylic oxidation sites excluding steroid dienone is 1. The second kappa shape index (κ2) is 5.51. The minimum atomic E-state index is -0.396. The van der Waals surface area contributed by atoms with Gasteiger partial charge in [-0.1, -0.05) is 12.1 Å².